The third-order valence-electron chi connectivity index (χ3n) is 7.17. The van der Waals surface area contributed by atoms with Crippen molar-refractivity contribution in [1.82, 2.24) is 5.16 Å². The van der Waals surface area contributed by atoms with E-state index in [4.69, 9.17) is 4.52 Å². The summed E-state index contributed by atoms with van der Waals surface area (Å²) in [5, 5.41) is 14.5. The Hall–Kier alpha value is -1.42. The summed E-state index contributed by atoms with van der Waals surface area (Å²) in [5.74, 6) is 2.15. The van der Waals surface area contributed by atoms with E-state index in [-0.39, 0.29) is 11.5 Å². The molecule has 1 heterocycles. The summed E-state index contributed by atoms with van der Waals surface area (Å²) in [6.07, 6.45) is 6.08. The molecule has 0 bridgehead atoms. The summed E-state index contributed by atoms with van der Waals surface area (Å²) in [4.78, 5) is 12.7. The molecule has 1 aromatic rings. The average molecular weight is 329 g/mol. The standard InChI is InChI=1S/C20H27NO3/c1-11-15(12(2)24-21-11)10-16-13-8-9-20(3)17(5-7-19(20)23)14(13)4-6-18(16)22/h14,17,19,23H,4-10H2,1-3H3/t14?,17-,19+,20?/m0/s1. The van der Waals surface area contributed by atoms with Gasteiger partial charge in [-0.05, 0) is 68.8 Å². The summed E-state index contributed by atoms with van der Waals surface area (Å²) in [6.45, 7) is 6.14. The second-order valence-electron chi connectivity index (χ2n) is 8.26. The van der Waals surface area contributed by atoms with Crippen molar-refractivity contribution < 1.29 is 14.4 Å². The number of carbonyl (C=O) groups is 1. The molecule has 2 saturated carbocycles. The number of allylic oxidation sites excluding steroid dienone is 2. The molecule has 4 nitrogen and oxygen atoms in total. The van der Waals surface area contributed by atoms with Gasteiger partial charge >= 0.3 is 0 Å². The molecule has 0 saturated heterocycles. The quantitative estimate of drug-likeness (QED) is 0.899. The minimum absolute atomic E-state index is 0.0443. The second kappa shape index (κ2) is 5.55. The summed E-state index contributed by atoms with van der Waals surface area (Å²) in [6, 6.07) is 0. The highest BCUT2D eigenvalue weighted by Gasteiger charge is 2.53. The minimum atomic E-state index is -0.173. The van der Waals surface area contributed by atoms with Crippen LogP contribution in [0.25, 0.3) is 0 Å². The van der Waals surface area contributed by atoms with Gasteiger partial charge < -0.3 is 9.63 Å². The van der Waals surface area contributed by atoms with Crippen molar-refractivity contribution in [3.63, 3.8) is 0 Å². The molecule has 4 heteroatoms. The van der Waals surface area contributed by atoms with Crippen molar-refractivity contribution in [2.45, 2.75) is 71.8 Å². The zero-order valence-corrected chi connectivity index (χ0v) is 14.9. The fourth-order valence-electron chi connectivity index (χ4n) is 5.60. The molecule has 2 fully saturated rings. The van der Waals surface area contributed by atoms with Crippen LogP contribution < -0.4 is 0 Å². The number of ketones is 1. The molecular weight excluding hydrogens is 302 g/mol. The monoisotopic (exact) mass is 329 g/mol. The lowest BCUT2D eigenvalue weighted by Crippen LogP contribution is -2.42. The van der Waals surface area contributed by atoms with Crippen molar-refractivity contribution in [2.24, 2.45) is 17.3 Å². The number of aliphatic hydroxyl groups excluding tert-OH is 1. The number of aryl methyl sites for hydroxylation is 2. The average Bonchev–Trinajstić information content (AvgIpc) is 3.03. The molecule has 1 aromatic heterocycles. The zero-order chi connectivity index (χ0) is 17.1. The Morgan fingerprint density at radius 1 is 1.25 bits per heavy atom. The molecular formula is C20H27NO3. The molecule has 4 atom stereocenters. The van der Waals surface area contributed by atoms with E-state index in [1.807, 2.05) is 13.8 Å². The fourth-order valence-corrected chi connectivity index (χ4v) is 5.60. The molecule has 4 rings (SSSR count). The van der Waals surface area contributed by atoms with E-state index in [2.05, 4.69) is 12.1 Å². The van der Waals surface area contributed by atoms with Crippen molar-refractivity contribution in [2.75, 3.05) is 0 Å². The largest absolute Gasteiger partial charge is 0.393 e. The number of aromatic nitrogens is 1. The Balaban J connectivity index is 1.72. The van der Waals surface area contributed by atoms with Crippen LogP contribution >= 0.6 is 0 Å². The number of rotatable bonds is 2. The van der Waals surface area contributed by atoms with Crippen LogP contribution in [-0.2, 0) is 11.2 Å². The number of nitrogens with zero attached hydrogens (tertiary/aromatic N) is 1. The molecule has 1 N–H and O–H groups in total. The third-order valence-corrected chi connectivity index (χ3v) is 7.17. The molecule has 0 aliphatic heterocycles. The number of hydrogen-bond donors (Lipinski definition) is 1. The molecule has 0 spiro atoms. The van der Waals surface area contributed by atoms with Crippen LogP contribution in [0.2, 0.25) is 0 Å². The van der Waals surface area contributed by atoms with E-state index < -0.39 is 0 Å². The van der Waals surface area contributed by atoms with Crippen LogP contribution in [0.1, 0.15) is 62.5 Å². The summed E-state index contributed by atoms with van der Waals surface area (Å²) in [7, 11) is 0. The van der Waals surface area contributed by atoms with E-state index in [1.54, 1.807) is 0 Å². The van der Waals surface area contributed by atoms with Gasteiger partial charge in [-0.2, -0.15) is 0 Å². The minimum Gasteiger partial charge on any atom is -0.393 e. The van der Waals surface area contributed by atoms with Crippen LogP contribution in [0.5, 0.6) is 0 Å². The van der Waals surface area contributed by atoms with E-state index in [1.165, 1.54) is 5.57 Å². The first-order valence-corrected chi connectivity index (χ1v) is 9.26. The fraction of sp³-hybridized carbons (Fsp3) is 0.700. The van der Waals surface area contributed by atoms with Gasteiger partial charge in [0.1, 0.15) is 5.76 Å². The number of fused-ring (bicyclic) bond motifs is 3. The van der Waals surface area contributed by atoms with Crippen LogP contribution in [-0.4, -0.2) is 22.2 Å². The second-order valence-corrected chi connectivity index (χ2v) is 8.26. The van der Waals surface area contributed by atoms with Gasteiger partial charge in [-0.3, -0.25) is 4.79 Å². The van der Waals surface area contributed by atoms with Gasteiger partial charge in [0.05, 0.1) is 11.8 Å². The smallest absolute Gasteiger partial charge is 0.159 e. The predicted molar refractivity (Wildman–Crippen MR) is 90.5 cm³/mol. The molecule has 3 aliphatic rings. The first-order valence-electron chi connectivity index (χ1n) is 9.26. The number of Topliss-reactive ketones (excluding diaryl/α,β-unsaturated/α-hetero) is 1. The molecule has 0 radical (unpaired) electrons. The topological polar surface area (TPSA) is 63.3 Å². The molecule has 130 valence electrons. The molecule has 2 unspecified atom stereocenters. The SMILES string of the molecule is Cc1noc(C)c1CC1=C2CCC3(C)[C@H](O)CC[C@H]3C2CCC1=O. The van der Waals surface area contributed by atoms with E-state index in [9.17, 15) is 9.90 Å². The Bertz CT molecular complexity index is 697. The molecule has 0 aromatic carbocycles. The van der Waals surface area contributed by atoms with E-state index in [0.717, 1.165) is 54.7 Å². The Kier molecular flexibility index (Phi) is 3.72. The van der Waals surface area contributed by atoms with Gasteiger partial charge in [-0.15, -0.1) is 0 Å². The van der Waals surface area contributed by atoms with Gasteiger partial charge in [0.2, 0.25) is 0 Å². The maximum atomic E-state index is 12.7. The number of carbonyl (C=O) groups excluding carboxylic acids is 1. The number of aliphatic hydroxyl groups is 1. The summed E-state index contributed by atoms with van der Waals surface area (Å²) < 4.78 is 5.29. The van der Waals surface area contributed by atoms with Gasteiger partial charge in [-0.1, -0.05) is 17.7 Å². The normalized spacial score (nSPS) is 36.0. The lowest BCUT2D eigenvalue weighted by molar-refractivity contribution is -0.117. The highest BCUT2D eigenvalue weighted by Crippen LogP contribution is 2.58. The van der Waals surface area contributed by atoms with E-state index in [0.29, 0.717) is 30.5 Å². The number of hydrogen-bond acceptors (Lipinski definition) is 4. The van der Waals surface area contributed by atoms with Gasteiger partial charge in [0.15, 0.2) is 5.78 Å². The van der Waals surface area contributed by atoms with E-state index >= 15 is 0 Å². The predicted octanol–water partition coefficient (Wildman–Crippen LogP) is 3.68. The summed E-state index contributed by atoms with van der Waals surface area (Å²) in [5.41, 5.74) is 4.41. The van der Waals surface area contributed by atoms with Crippen molar-refractivity contribution in [3.05, 3.63) is 28.2 Å². The van der Waals surface area contributed by atoms with Gasteiger partial charge in [-0.25, -0.2) is 0 Å². The van der Waals surface area contributed by atoms with Crippen molar-refractivity contribution in [3.8, 4) is 0 Å². The Morgan fingerprint density at radius 2 is 2.04 bits per heavy atom. The summed E-state index contributed by atoms with van der Waals surface area (Å²) >= 11 is 0. The van der Waals surface area contributed by atoms with Crippen LogP contribution in [0, 0.1) is 31.1 Å². The van der Waals surface area contributed by atoms with Crippen LogP contribution in [0.15, 0.2) is 15.7 Å². The Morgan fingerprint density at radius 3 is 2.75 bits per heavy atom. The lowest BCUT2D eigenvalue weighted by atomic mass is 9.58. The first-order chi connectivity index (χ1) is 11.4. The first kappa shape index (κ1) is 16.1. The highest BCUT2D eigenvalue weighted by molar-refractivity contribution is 5.97. The maximum absolute atomic E-state index is 12.7. The van der Waals surface area contributed by atoms with Crippen molar-refractivity contribution in [1.29, 1.82) is 0 Å². The maximum Gasteiger partial charge on any atom is 0.159 e. The third kappa shape index (κ3) is 2.22. The van der Waals surface area contributed by atoms with Gasteiger partial charge in [0, 0.05) is 18.4 Å². The van der Waals surface area contributed by atoms with Crippen LogP contribution in [0.4, 0.5) is 0 Å². The highest BCUT2D eigenvalue weighted by atomic mass is 16.5. The lowest BCUT2D eigenvalue weighted by Gasteiger charge is -2.47. The zero-order valence-electron chi connectivity index (χ0n) is 14.9. The van der Waals surface area contributed by atoms with Crippen LogP contribution in [0.3, 0.4) is 0 Å². The molecule has 3 aliphatic carbocycles. The Labute approximate surface area is 143 Å². The van der Waals surface area contributed by atoms with Crippen molar-refractivity contribution >= 4 is 5.78 Å². The molecule has 24 heavy (non-hydrogen) atoms. The molecule has 0 amide bonds. The van der Waals surface area contributed by atoms with Gasteiger partial charge in [0.25, 0.3) is 0 Å².